The predicted molar refractivity (Wildman–Crippen MR) is 91.5 cm³/mol. The molecule has 6 nitrogen and oxygen atoms in total. The maximum atomic E-state index is 12.0. The Kier molecular flexibility index (Phi) is 6.03. The maximum Gasteiger partial charge on any atom is 0.373 e. The third-order valence-electron chi connectivity index (χ3n) is 3.18. The van der Waals surface area contributed by atoms with Gasteiger partial charge in [-0.05, 0) is 35.9 Å². The lowest BCUT2D eigenvalue weighted by Gasteiger charge is -2.11. The Balaban J connectivity index is 2.40. The van der Waals surface area contributed by atoms with Crippen LogP contribution in [-0.4, -0.2) is 31.3 Å². The van der Waals surface area contributed by atoms with Crippen molar-refractivity contribution in [1.29, 1.82) is 0 Å². The number of carbonyl (C=O) groups excluding carboxylic acids is 2. The molecule has 130 valence electrons. The SMILES string of the molecule is COC(=O)/C(=C\c1ccc(Cl)cc1)Oc1cccc(C(=O)OC)c1O. The van der Waals surface area contributed by atoms with Gasteiger partial charge >= 0.3 is 11.9 Å². The van der Waals surface area contributed by atoms with E-state index in [0.29, 0.717) is 10.6 Å². The highest BCUT2D eigenvalue weighted by Crippen LogP contribution is 2.32. The lowest BCUT2D eigenvalue weighted by Crippen LogP contribution is -2.11. The van der Waals surface area contributed by atoms with Gasteiger partial charge in [0.1, 0.15) is 5.56 Å². The largest absolute Gasteiger partial charge is 0.504 e. The molecule has 1 N–H and O–H groups in total. The number of carbonyl (C=O) groups is 2. The van der Waals surface area contributed by atoms with Gasteiger partial charge in [0.2, 0.25) is 5.76 Å². The summed E-state index contributed by atoms with van der Waals surface area (Å²) < 4.78 is 14.7. The fourth-order valence-electron chi connectivity index (χ4n) is 1.94. The van der Waals surface area contributed by atoms with Crippen molar-refractivity contribution >= 4 is 29.6 Å². The molecule has 2 aromatic carbocycles. The summed E-state index contributed by atoms with van der Waals surface area (Å²) in [4.78, 5) is 23.6. The minimum atomic E-state index is -0.752. The summed E-state index contributed by atoms with van der Waals surface area (Å²) in [5.74, 6) is -2.20. The summed E-state index contributed by atoms with van der Waals surface area (Å²) >= 11 is 5.83. The highest BCUT2D eigenvalue weighted by Gasteiger charge is 2.19. The lowest BCUT2D eigenvalue weighted by atomic mass is 10.2. The van der Waals surface area contributed by atoms with Crippen molar-refractivity contribution in [1.82, 2.24) is 0 Å². The molecule has 7 heteroatoms. The zero-order valence-electron chi connectivity index (χ0n) is 13.5. The van der Waals surface area contributed by atoms with Crippen LogP contribution in [0.3, 0.4) is 0 Å². The van der Waals surface area contributed by atoms with Crippen LogP contribution in [0.4, 0.5) is 0 Å². The van der Waals surface area contributed by atoms with Gasteiger partial charge in [-0.1, -0.05) is 29.8 Å². The lowest BCUT2D eigenvalue weighted by molar-refractivity contribution is -0.138. The van der Waals surface area contributed by atoms with Gasteiger partial charge < -0.3 is 19.3 Å². The van der Waals surface area contributed by atoms with Crippen LogP contribution in [0.25, 0.3) is 6.08 Å². The number of para-hydroxylation sites is 1. The number of methoxy groups -OCH3 is 2. The van der Waals surface area contributed by atoms with Gasteiger partial charge in [-0.25, -0.2) is 9.59 Å². The Morgan fingerprint density at radius 3 is 2.32 bits per heavy atom. The monoisotopic (exact) mass is 362 g/mol. The van der Waals surface area contributed by atoms with E-state index in [4.69, 9.17) is 16.3 Å². The molecule has 2 rings (SSSR count). The second-order valence-corrected chi connectivity index (χ2v) is 5.23. The maximum absolute atomic E-state index is 12.0. The number of esters is 2. The van der Waals surface area contributed by atoms with E-state index in [-0.39, 0.29) is 17.1 Å². The zero-order valence-corrected chi connectivity index (χ0v) is 14.2. The quantitative estimate of drug-likeness (QED) is 0.498. The first-order valence-electron chi connectivity index (χ1n) is 7.10. The topological polar surface area (TPSA) is 82.1 Å². The Morgan fingerprint density at radius 1 is 1.04 bits per heavy atom. The van der Waals surface area contributed by atoms with E-state index in [9.17, 15) is 14.7 Å². The summed E-state index contributed by atoms with van der Waals surface area (Å²) in [6.07, 6.45) is 1.42. The second-order valence-electron chi connectivity index (χ2n) is 4.80. The average Bonchev–Trinajstić information content (AvgIpc) is 2.63. The second kappa shape index (κ2) is 8.21. The third kappa shape index (κ3) is 4.51. The first kappa shape index (κ1) is 18.4. The minimum Gasteiger partial charge on any atom is -0.504 e. The van der Waals surface area contributed by atoms with Crippen molar-refractivity contribution in [3.63, 3.8) is 0 Å². The van der Waals surface area contributed by atoms with Gasteiger partial charge in [-0.2, -0.15) is 0 Å². The molecule has 0 spiro atoms. The van der Waals surface area contributed by atoms with Gasteiger partial charge in [0.15, 0.2) is 11.5 Å². The van der Waals surface area contributed by atoms with E-state index in [1.54, 1.807) is 24.3 Å². The number of hydrogen-bond donors (Lipinski definition) is 1. The van der Waals surface area contributed by atoms with E-state index in [0.717, 1.165) is 0 Å². The predicted octanol–water partition coefficient (Wildman–Crippen LogP) is 3.43. The molecule has 0 atom stereocenters. The van der Waals surface area contributed by atoms with Crippen molar-refractivity contribution < 1.29 is 28.9 Å². The summed E-state index contributed by atoms with van der Waals surface area (Å²) in [5, 5.41) is 10.7. The van der Waals surface area contributed by atoms with E-state index in [1.165, 1.54) is 38.5 Å². The molecule has 0 bridgehead atoms. The van der Waals surface area contributed by atoms with Gasteiger partial charge in [0.25, 0.3) is 0 Å². The molecule has 0 aliphatic carbocycles. The van der Waals surface area contributed by atoms with E-state index in [1.807, 2.05) is 0 Å². The molecule has 0 aliphatic rings. The van der Waals surface area contributed by atoms with Crippen molar-refractivity contribution in [2.45, 2.75) is 0 Å². The minimum absolute atomic E-state index is 0.0873. The molecule has 0 saturated heterocycles. The fourth-order valence-corrected chi connectivity index (χ4v) is 2.06. The molecule has 25 heavy (non-hydrogen) atoms. The first-order valence-corrected chi connectivity index (χ1v) is 7.47. The average molecular weight is 363 g/mol. The van der Waals surface area contributed by atoms with Gasteiger partial charge in [-0.3, -0.25) is 0 Å². The van der Waals surface area contributed by atoms with E-state index in [2.05, 4.69) is 9.47 Å². The number of phenols is 1. The molecule has 0 unspecified atom stereocenters. The molecule has 0 radical (unpaired) electrons. The van der Waals surface area contributed by atoms with E-state index < -0.39 is 17.7 Å². The Labute approximate surface area is 149 Å². The third-order valence-corrected chi connectivity index (χ3v) is 3.43. The van der Waals surface area contributed by atoms with Crippen LogP contribution in [0.15, 0.2) is 48.2 Å². The highest BCUT2D eigenvalue weighted by molar-refractivity contribution is 6.30. The normalized spacial score (nSPS) is 10.9. The smallest absolute Gasteiger partial charge is 0.373 e. The number of ether oxygens (including phenoxy) is 3. The molecular formula is C18H15ClO6. The Hall–Kier alpha value is -2.99. The van der Waals surface area contributed by atoms with Crippen LogP contribution >= 0.6 is 11.6 Å². The number of aromatic hydroxyl groups is 1. The van der Waals surface area contributed by atoms with Crippen LogP contribution in [-0.2, 0) is 14.3 Å². The van der Waals surface area contributed by atoms with Crippen LogP contribution in [0.1, 0.15) is 15.9 Å². The van der Waals surface area contributed by atoms with Gasteiger partial charge in [-0.15, -0.1) is 0 Å². The number of phenolic OH excluding ortho intramolecular Hbond substituents is 1. The molecule has 0 aromatic heterocycles. The number of hydrogen-bond acceptors (Lipinski definition) is 6. The summed E-state index contributed by atoms with van der Waals surface area (Å²) in [6.45, 7) is 0. The van der Waals surface area contributed by atoms with Crippen LogP contribution in [0.2, 0.25) is 5.02 Å². The fraction of sp³-hybridized carbons (Fsp3) is 0.111. The highest BCUT2D eigenvalue weighted by atomic mass is 35.5. The van der Waals surface area contributed by atoms with Gasteiger partial charge in [0, 0.05) is 5.02 Å². The van der Waals surface area contributed by atoms with Crippen molar-refractivity contribution in [2.75, 3.05) is 14.2 Å². The Bertz CT molecular complexity index is 811. The standard InChI is InChI=1S/C18H15ClO6/c1-23-17(21)13-4-3-5-14(16(13)20)25-15(18(22)24-2)10-11-6-8-12(19)9-7-11/h3-10,20H,1-2H3/b15-10+. The summed E-state index contributed by atoms with van der Waals surface area (Å²) in [6, 6.07) is 10.9. The van der Waals surface area contributed by atoms with Crippen molar-refractivity contribution in [3.8, 4) is 11.5 Å². The van der Waals surface area contributed by atoms with Crippen LogP contribution in [0.5, 0.6) is 11.5 Å². The summed E-state index contributed by atoms with van der Waals surface area (Å²) in [7, 11) is 2.39. The van der Waals surface area contributed by atoms with E-state index >= 15 is 0 Å². The summed E-state index contributed by atoms with van der Waals surface area (Å²) in [5.41, 5.74) is 0.545. The number of halogens is 1. The molecule has 0 amide bonds. The molecule has 0 fully saturated rings. The molecule has 2 aromatic rings. The molecule has 0 heterocycles. The first-order chi connectivity index (χ1) is 12.0. The van der Waals surface area contributed by atoms with Crippen LogP contribution < -0.4 is 4.74 Å². The zero-order chi connectivity index (χ0) is 18.4. The van der Waals surface area contributed by atoms with Gasteiger partial charge in [0.05, 0.1) is 14.2 Å². The Morgan fingerprint density at radius 2 is 1.72 bits per heavy atom. The number of rotatable bonds is 5. The van der Waals surface area contributed by atoms with Crippen molar-refractivity contribution in [3.05, 3.63) is 64.4 Å². The van der Waals surface area contributed by atoms with Crippen LogP contribution in [0, 0.1) is 0 Å². The van der Waals surface area contributed by atoms with Crippen molar-refractivity contribution in [2.24, 2.45) is 0 Å². The molecular weight excluding hydrogens is 348 g/mol. The number of benzene rings is 2. The molecule has 0 aliphatic heterocycles. The molecule has 0 saturated carbocycles.